The Labute approximate surface area is 126 Å². The fourth-order valence-electron chi connectivity index (χ4n) is 2.68. The number of benzene rings is 1. The number of aryl methyl sites for hydroxylation is 2. The number of nitrogens with zero attached hydrogens (tertiary/aromatic N) is 2. The molecular weight excluding hydrogens is 288 g/mol. The van der Waals surface area contributed by atoms with Crippen molar-refractivity contribution >= 4 is 15.9 Å². The van der Waals surface area contributed by atoms with Gasteiger partial charge in [-0.25, -0.2) is 8.42 Å². The molecule has 1 saturated heterocycles. The maximum atomic E-state index is 12.8. The van der Waals surface area contributed by atoms with E-state index >= 15 is 0 Å². The highest BCUT2D eigenvalue weighted by atomic mass is 32.2. The molecule has 1 aliphatic heterocycles. The normalized spacial score (nSPS) is 17.6. The van der Waals surface area contributed by atoms with Gasteiger partial charge in [-0.1, -0.05) is 17.7 Å². The van der Waals surface area contributed by atoms with E-state index in [1.165, 1.54) is 11.2 Å². The maximum Gasteiger partial charge on any atom is 0.243 e. The smallest absolute Gasteiger partial charge is 0.243 e. The zero-order chi connectivity index (χ0) is 15.6. The van der Waals surface area contributed by atoms with E-state index in [1.54, 1.807) is 11.0 Å². The second kappa shape index (κ2) is 6.15. The van der Waals surface area contributed by atoms with Crippen molar-refractivity contribution in [2.24, 2.45) is 0 Å². The zero-order valence-corrected chi connectivity index (χ0v) is 13.6. The van der Waals surface area contributed by atoms with Crippen molar-refractivity contribution in [2.45, 2.75) is 32.1 Å². The Morgan fingerprint density at radius 3 is 2.43 bits per heavy atom. The highest BCUT2D eigenvalue weighted by Crippen LogP contribution is 2.22. The van der Waals surface area contributed by atoms with Crippen LogP contribution in [0.1, 0.15) is 24.5 Å². The molecule has 0 N–H and O–H groups in total. The lowest BCUT2D eigenvalue weighted by molar-refractivity contribution is -0.128. The summed E-state index contributed by atoms with van der Waals surface area (Å²) >= 11 is 0. The van der Waals surface area contributed by atoms with Crippen LogP contribution in [-0.2, 0) is 14.8 Å². The topological polar surface area (TPSA) is 57.7 Å². The Bertz CT molecular complexity index is 640. The first kappa shape index (κ1) is 16.0. The summed E-state index contributed by atoms with van der Waals surface area (Å²) in [5.41, 5.74) is 1.81. The summed E-state index contributed by atoms with van der Waals surface area (Å²) in [6, 6.07) is 5.37. The predicted molar refractivity (Wildman–Crippen MR) is 81.5 cm³/mol. The lowest BCUT2D eigenvalue weighted by Gasteiger charge is -2.22. The molecule has 1 fully saturated rings. The summed E-state index contributed by atoms with van der Waals surface area (Å²) in [4.78, 5) is 13.5. The van der Waals surface area contributed by atoms with Crippen LogP contribution >= 0.6 is 0 Å². The van der Waals surface area contributed by atoms with Crippen LogP contribution in [0.5, 0.6) is 0 Å². The van der Waals surface area contributed by atoms with Gasteiger partial charge in [-0.2, -0.15) is 4.31 Å². The number of carbonyl (C=O) groups is 1. The van der Waals surface area contributed by atoms with E-state index < -0.39 is 10.0 Å². The van der Waals surface area contributed by atoms with Crippen molar-refractivity contribution in [3.63, 3.8) is 0 Å². The summed E-state index contributed by atoms with van der Waals surface area (Å²) in [6.45, 7) is 7.18. The average Bonchev–Trinajstić information content (AvgIpc) is 2.64. The van der Waals surface area contributed by atoms with E-state index in [9.17, 15) is 13.2 Å². The molecule has 0 spiro atoms. The van der Waals surface area contributed by atoms with Crippen molar-refractivity contribution in [2.75, 3.05) is 26.2 Å². The van der Waals surface area contributed by atoms with E-state index in [1.807, 2.05) is 26.0 Å². The number of rotatable bonds is 2. The first-order valence-corrected chi connectivity index (χ1v) is 8.59. The van der Waals surface area contributed by atoms with Gasteiger partial charge in [-0.3, -0.25) is 4.79 Å². The highest BCUT2D eigenvalue weighted by molar-refractivity contribution is 7.89. The molecular formula is C15H22N2O3S. The van der Waals surface area contributed by atoms with Gasteiger partial charge >= 0.3 is 0 Å². The van der Waals surface area contributed by atoms with Crippen LogP contribution in [0.2, 0.25) is 0 Å². The summed E-state index contributed by atoms with van der Waals surface area (Å²) in [7, 11) is -3.49. The minimum absolute atomic E-state index is 0.000708. The predicted octanol–water partition coefficient (Wildman–Crippen LogP) is 1.55. The number of hydrogen-bond donors (Lipinski definition) is 0. The first-order chi connectivity index (χ1) is 9.82. The lowest BCUT2D eigenvalue weighted by atomic mass is 10.2. The van der Waals surface area contributed by atoms with Gasteiger partial charge < -0.3 is 4.90 Å². The molecule has 21 heavy (non-hydrogen) atoms. The fraction of sp³-hybridized carbons (Fsp3) is 0.533. The Kier molecular flexibility index (Phi) is 4.68. The van der Waals surface area contributed by atoms with E-state index in [-0.39, 0.29) is 5.91 Å². The lowest BCUT2D eigenvalue weighted by Crippen LogP contribution is -2.36. The molecule has 1 aliphatic rings. The molecule has 0 radical (unpaired) electrons. The fourth-order valence-corrected chi connectivity index (χ4v) is 4.35. The number of amides is 1. The molecule has 0 saturated carbocycles. The van der Waals surface area contributed by atoms with Crippen molar-refractivity contribution in [3.8, 4) is 0 Å². The molecule has 0 unspecified atom stereocenters. The molecule has 1 amide bonds. The third-order valence-corrected chi connectivity index (χ3v) is 5.91. The van der Waals surface area contributed by atoms with Crippen molar-refractivity contribution < 1.29 is 13.2 Å². The number of carbonyl (C=O) groups excluding carboxylic acids is 1. The maximum absolute atomic E-state index is 12.8. The van der Waals surface area contributed by atoms with Gasteiger partial charge in [-0.15, -0.1) is 0 Å². The van der Waals surface area contributed by atoms with E-state index in [4.69, 9.17) is 0 Å². The summed E-state index contributed by atoms with van der Waals surface area (Å²) < 4.78 is 27.0. The van der Waals surface area contributed by atoms with Gasteiger partial charge in [0.1, 0.15) is 0 Å². The second-order valence-corrected chi connectivity index (χ2v) is 7.44. The van der Waals surface area contributed by atoms with E-state index in [2.05, 4.69) is 0 Å². The van der Waals surface area contributed by atoms with Crippen molar-refractivity contribution in [1.82, 2.24) is 9.21 Å². The standard InChI is InChI=1S/C15H22N2O3S/c1-12-5-6-15(13(2)11-12)21(19,20)17-8-4-7-16(9-10-17)14(3)18/h5-6,11H,4,7-10H2,1-3H3. The third-order valence-electron chi connectivity index (χ3n) is 3.85. The van der Waals surface area contributed by atoms with Crippen LogP contribution in [0, 0.1) is 13.8 Å². The molecule has 6 heteroatoms. The average molecular weight is 310 g/mol. The van der Waals surface area contributed by atoms with Crippen LogP contribution in [0.3, 0.4) is 0 Å². The molecule has 0 aromatic heterocycles. The number of sulfonamides is 1. The molecule has 1 heterocycles. The van der Waals surface area contributed by atoms with Crippen molar-refractivity contribution in [1.29, 1.82) is 0 Å². The van der Waals surface area contributed by atoms with Gasteiger partial charge in [0.25, 0.3) is 0 Å². The van der Waals surface area contributed by atoms with E-state index in [0.29, 0.717) is 37.5 Å². The highest BCUT2D eigenvalue weighted by Gasteiger charge is 2.28. The molecule has 0 atom stereocenters. The van der Waals surface area contributed by atoms with Gasteiger partial charge in [-0.05, 0) is 31.9 Å². The summed E-state index contributed by atoms with van der Waals surface area (Å²) in [5, 5.41) is 0. The van der Waals surface area contributed by atoms with Crippen LogP contribution in [0.4, 0.5) is 0 Å². The quantitative estimate of drug-likeness (QED) is 0.833. The third kappa shape index (κ3) is 3.44. The van der Waals surface area contributed by atoms with Crippen LogP contribution < -0.4 is 0 Å². The Hall–Kier alpha value is -1.40. The van der Waals surface area contributed by atoms with Crippen LogP contribution in [-0.4, -0.2) is 49.7 Å². The number of hydrogen-bond acceptors (Lipinski definition) is 3. The minimum Gasteiger partial charge on any atom is -0.342 e. The minimum atomic E-state index is -3.49. The largest absolute Gasteiger partial charge is 0.342 e. The molecule has 2 rings (SSSR count). The zero-order valence-electron chi connectivity index (χ0n) is 12.8. The van der Waals surface area contributed by atoms with Crippen molar-refractivity contribution in [3.05, 3.63) is 29.3 Å². The monoisotopic (exact) mass is 310 g/mol. The first-order valence-electron chi connectivity index (χ1n) is 7.15. The SMILES string of the molecule is CC(=O)N1CCCN(S(=O)(=O)c2ccc(C)cc2C)CC1. The van der Waals surface area contributed by atoms with Gasteiger partial charge in [0, 0.05) is 33.1 Å². The molecule has 116 valence electrons. The van der Waals surface area contributed by atoms with Gasteiger partial charge in [0.05, 0.1) is 4.90 Å². The summed E-state index contributed by atoms with van der Waals surface area (Å²) in [6.07, 6.45) is 0.670. The Morgan fingerprint density at radius 2 is 1.81 bits per heavy atom. The Balaban J connectivity index is 2.25. The second-order valence-electron chi connectivity index (χ2n) is 5.53. The molecule has 0 aliphatic carbocycles. The van der Waals surface area contributed by atoms with E-state index in [0.717, 1.165) is 11.1 Å². The molecule has 0 bridgehead atoms. The van der Waals surface area contributed by atoms with Crippen LogP contribution in [0.25, 0.3) is 0 Å². The van der Waals surface area contributed by atoms with Gasteiger partial charge in [0.2, 0.25) is 15.9 Å². The molecule has 1 aromatic carbocycles. The molecule has 5 nitrogen and oxygen atoms in total. The van der Waals surface area contributed by atoms with Crippen LogP contribution in [0.15, 0.2) is 23.1 Å². The van der Waals surface area contributed by atoms with Gasteiger partial charge in [0.15, 0.2) is 0 Å². The Morgan fingerprint density at radius 1 is 1.10 bits per heavy atom. The summed E-state index contributed by atoms with van der Waals surface area (Å²) in [5.74, 6) is 0.000708. The molecule has 1 aromatic rings.